The van der Waals surface area contributed by atoms with E-state index in [9.17, 15) is 9.59 Å². The molecule has 5 nitrogen and oxygen atoms in total. The summed E-state index contributed by atoms with van der Waals surface area (Å²) in [5.74, 6) is -0.862. The molecule has 0 saturated carbocycles. The van der Waals surface area contributed by atoms with Crippen molar-refractivity contribution < 1.29 is 19.4 Å². The Balaban J connectivity index is 3.95. The van der Waals surface area contributed by atoms with E-state index in [1.54, 1.807) is 13.8 Å². The first-order chi connectivity index (χ1) is 8.73. The van der Waals surface area contributed by atoms with Crippen LogP contribution in [-0.2, 0) is 14.3 Å². The Morgan fingerprint density at radius 3 is 2.16 bits per heavy atom. The summed E-state index contributed by atoms with van der Waals surface area (Å²) in [6.45, 7) is 10.1. The molecule has 1 amide bonds. The molecular weight excluding hydrogens is 246 g/mol. The van der Waals surface area contributed by atoms with Gasteiger partial charge in [0.05, 0.1) is 12.7 Å². The van der Waals surface area contributed by atoms with Gasteiger partial charge in [-0.1, -0.05) is 27.7 Å². The molecule has 0 saturated heterocycles. The molecule has 2 atom stereocenters. The molecule has 0 aliphatic heterocycles. The van der Waals surface area contributed by atoms with Crippen LogP contribution >= 0.6 is 0 Å². The summed E-state index contributed by atoms with van der Waals surface area (Å²) in [4.78, 5) is 22.5. The van der Waals surface area contributed by atoms with Gasteiger partial charge in [-0.3, -0.25) is 4.79 Å². The average Bonchev–Trinajstić information content (AvgIpc) is 2.23. The van der Waals surface area contributed by atoms with E-state index in [0.717, 1.165) is 6.42 Å². The number of hydrogen-bond acceptors (Lipinski definition) is 3. The van der Waals surface area contributed by atoms with Gasteiger partial charge in [-0.15, -0.1) is 0 Å². The zero-order valence-electron chi connectivity index (χ0n) is 12.6. The summed E-state index contributed by atoms with van der Waals surface area (Å²) in [6, 6.07) is -0.833. The monoisotopic (exact) mass is 273 g/mol. The fourth-order valence-corrected chi connectivity index (χ4v) is 1.84. The molecule has 0 aliphatic rings. The maximum absolute atomic E-state index is 11.6. The summed E-state index contributed by atoms with van der Waals surface area (Å²) in [5, 5.41) is 11.5. The molecule has 0 bridgehead atoms. The van der Waals surface area contributed by atoms with Crippen molar-refractivity contribution >= 4 is 11.9 Å². The lowest BCUT2D eigenvalue weighted by Gasteiger charge is -2.18. The first-order valence-corrected chi connectivity index (χ1v) is 6.87. The van der Waals surface area contributed by atoms with Crippen molar-refractivity contribution in [3.8, 4) is 0 Å². The molecule has 2 N–H and O–H groups in total. The van der Waals surface area contributed by atoms with Crippen molar-refractivity contribution in [1.29, 1.82) is 0 Å². The number of hydrogen-bond donors (Lipinski definition) is 2. The van der Waals surface area contributed by atoms with E-state index in [1.165, 1.54) is 0 Å². The van der Waals surface area contributed by atoms with E-state index in [2.05, 4.69) is 19.2 Å². The largest absolute Gasteiger partial charge is 0.480 e. The van der Waals surface area contributed by atoms with E-state index in [-0.39, 0.29) is 24.3 Å². The summed E-state index contributed by atoms with van der Waals surface area (Å²) in [5.41, 5.74) is 0. The molecule has 1 unspecified atom stereocenters. The standard InChI is InChI=1S/C14H27NO4/c1-9(2)8-11(5)19-7-6-12(16)15-13(10(3)4)14(17)18/h9-11,13H,6-8H2,1-5H3,(H,15,16)(H,17,18)/t11?,13-/m1/s1. The van der Waals surface area contributed by atoms with Crippen LogP contribution in [0, 0.1) is 11.8 Å². The van der Waals surface area contributed by atoms with Crippen LogP contribution in [-0.4, -0.2) is 35.7 Å². The summed E-state index contributed by atoms with van der Waals surface area (Å²) in [6.07, 6.45) is 1.26. The molecular formula is C14H27NO4. The zero-order valence-corrected chi connectivity index (χ0v) is 12.6. The highest BCUT2D eigenvalue weighted by molar-refractivity contribution is 5.83. The Morgan fingerprint density at radius 2 is 1.74 bits per heavy atom. The van der Waals surface area contributed by atoms with E-state index in [4.69, 9.17) is 9.84 Å². The molecule has 112 valence electrons. The quantitative estimate of drug-likeness (QED) is 0.674. The van der Waals surface area contributed by atoms with Crippen molar-refractivity contribution in [3.05, 3.63) is 0 Å². The maximum atomic E-state index is 11.6. The fraction of sp³-hybridized carbons (Fsp3) is 0.857. The van der Waals surface area contributed by atoms with Crippen molar-refractivity contribution in [2.75, 3.05) is 6.61 Å². The predicted molar refractivity (Wildman–Crippen MR) is 73.9 cm³/mol. The van der Waals surface area contributed by atoms with E-state index < -0.39 is 12.0 Å². The minimum Gasteiger partial charge on any atom is -0.480 e. The van der Waals surface area contributed by atoms with Gasteiger partial charge in [-0.05, 0) is 25.2 Å². The number of amides is 1. The number of carboxylic acids is 1. The van der Waals surface area contributed by atoms with Gasteiger partial charge in [-0.25, -0.2) is 4.79 Å². The Bertz CT molecular complexity index is 289. The minimum absolute atomic E-state index is 0.119. The van der Waals surface area contributed by atoms with Crippen molar-refractivity contribution in [2.24, 2.45) is 11.8 Å². The smallest absolute Gasteiger partial charge is 0.326 e. The summed E-state index contributed by atoms with van der Waals surface area (Å²) < 4.78 is 5.52. The van der Waals surface area contributed by atoms with E-state index >= 15 is 0 Å². The number of carboxylic acid groups (broad SMARTS) is 1. The summed E-state index contributed by atoms with van der Waals surface area (Å²) in [7, 11) is 0. The third-order valence-electron chi connectivity index (χ3n) is 2.78. The van der Waals surface area contributed by atoms with Crippen LogP contribution < -0.4 is 5.32 Å². The van der Waals surface area contributed by atoms with Crippen LogP contribution in [0.25, 0.3) is 0 Å². The van der Waals surface area contributed by atoms with E-state index in [0.29, 0.717) is 12.5 Å². The van der Waals surface area contributed by atoms with Crippen LogP contribution in [0.15, 0.2) is 0 Å². The number of carbonyl (C=O) groups is 2. The first-order valence-electron chi connectivity index (χ1n) is 6.87. The third kappa shape index (κ3) is 8.59. The molecule has 0 radical (unpaired) electrons. The molecule has 0 aromatic rings. The number of ether oxygens (including phenoxy) is 1. The SMILES string of the molecule is CC(C)CC(C)OCCC(=O)N[C@@H](C(=O)O)C(C)C. The second kappa shape index (κ2) is 8.91. The fourth-order valence-electron chi connectivity index (χ4n) is 1.84. The van der Waals surface area contributed by atoms with Gasteiger partial charge < -0.3 is 15.2 Å². The lowest BCUT2D eigenvalue weighted by Crippen LogP contribution is -2.44. The molecule has 0 rings (SSSR count). The number of carbonyl (C=O) groups excluding carboxylic acids is 1. The molecule has 0 fully saturated rings. The van der Waals surface area contributed by atoms with Crippen LogP contribution in [0.4, 0.5) is 0 Å². The maximum Gasteiger partial charge on any atom is 0.326 e. The second-order valence-electron chi connectivity index (χ2n) is 5.69. The third-order valence-corrected chi connectivity index (χ3v) is 2.78. The topological polar surface area (TPSA) is 75.6 Å². The minimum atomic E-state index is -1.00. The van der Waals surface area contributed by atoms with Crippen LogP contribution in [0.3, 0.4) is 0 Å². The van der Waals surface area contributed by atoms with Gasteiger partial charge in [-0.2, -0.15) is 0 Å². The summed E-state index contributed by atoms with van der Waals surface area (Å²) >= 11 is 0. The van der Waals surface area contributed by atoms with Gasteiger partial charge in [0.25, 0.3) is 0 Å². The van der Waals surface area contributed by atoms with Crippen LogP contribution in [0.1, 0.15) is 47.5 Å². The zero-order chi connectivity index (χ0) is 15.0. The molecule has 0 aliphatic carbocycles. The van der Waals surface area contributed by atoms with Gasteiger partial charge >= 0.3 is 5.97 Å². The highest BCUT2D eigenvalue weighted by Crippen LogP contribution is 2.08. The van der Waals surface area contributed by atoms with Crippen molar-refractivity contribution in [2.45, 2.75) is 59.6 Å². The van der Waals surface area contributed by atoms with Gasteiger partial charge in [0.15, 0.2) is 0 Å². The molecule has 0 spiro atoms. The highest BCUT2D eigenvalue weighted by Gasteiger charge is 2.23. The number of nitrogens with one attached hydrogen (secondary N) is 1. The normalized spacial score (nSPS) is 14.5. The average molecular weight is 273 g/mol. The van der Waals surface area contributed by atoms with E-state index in [1.807, 2.05) is 6.92 Å². The molecule has 0 aromatic carbocycles. The first kappa shape index (κ1) is 17.9. The molecule has 0 aromatic heterocycles. The van der Waals surface area contributed by atoms with Gasteiger partial charge in [0, 0.05) is 6.42 Å². The lowest BCUT2D eigenvalue weighted by atomic mass is 10.0. The Morgan fingerprint density at radius 1 is 1.16 bits per heavy atom. The molecule has 19 heavy (non-hydrogen) atoms. The predicted octanol–water partition coefficient (Wildman–Crippen LogP) is 2.05. The number of aliphatic carboxylic acids is 1. The molecule has 0 heterocycles. The number of rotatable bonds is 9. The van der Waals surface area contributed by atoms with Crippen molar-refractivity contribution in [1.82, 2.24) is 5.32 Å². The van der Waals surface area contributed by atoms with Gasteiger partial charge in [0.1, 0.15) is 6.04 Å². The van der Waals surface area contributed by atoms with Gasteiger partial charge in [0.2, 0.25) is 5.91 Å². The molecule has 5 heteroatoms. The Labute approximate surface area is 115 Å². The highest BCUT2D eigenvalue weighted by atomic mass is 16.5. The van der Waals surface area contributed by atoms with Crippen molar-refractivity contribution in [3.63, 3.8) is 0 Å². The Hall–Kier alpha value is -1.10. The lowest BCUT2D eigenvalue weighted by molar-refractivity contribution is -0.143. The second-order valence-corrected chi connectivity index (χ2v) is 5.69. The van der Waals surface area contributed by atoms with Crippen LogP contribution in [0.2, 0.25) is 0 Å². The Kier molecular flexibility index (Phi) is 8.39. The van der Waals surface area contributed by atoms with Crippen LogP contribution in [0.5, 0.6) is 0 Å².